The van der Waals surface area contributed by atoms with Crippen LogP contribution in [0.2, 0.25) is 0 Å². The lowest BCUT2D eigenvalue weighted by atomic mass is 10.1. The van der Waals surface area contributed by atoms with Gasteiger partial charge >= 0.3 is 12.3 Å². The summed E-state index contributed by atoms with van der Waals surface area (Å²) in [5, 5.41) is 0. The van der Waals surface area contributed by atoms with Crippen LogP contribution in [0.5, 0.6) is 0 Å². The quantitative estimate of drug-likeness (QED) is 0.663. The zero-order chi connectivity index (χ0) is 20.2. The molecule has 0 aromatic heterocycles. The summed E-state index contributed by atoms with van der Waals surface area (Å²) in [6.45, 7) is 5.18. The molecule has 27 heavy (non-hydrogen) atoms. The van der Waals surface area contributed by atoms with Gasteiger partial charge in [-0.2, -0.15) is 13.2 Å². The van der Waals surface area contributed by atoms with E-state index >= 15 is 0 Å². The number of ether oxygens (including phenoxy) is 1. The zero-order valence-electron chi connectivity index (χ0n) is 15.2. The van der Waals surface area contributed by atoms with Crippen LogP contribution in [-0.2, 0) is 17.5 Å². The summed E-state index contributed by atoms with van der Waals surface area (Å²) >= 11 is 0. The molecule has 2 aromatic carbocycles. The fraction of sp³-hybridized carbons (Fsp3) is 0.300. The summed E-state index contributed by atoms with van der Waals surface area (Å²) in [6, 6.07) is 10.8. The van der Waals surface area contributed by atoms with Crippen LogP contribution < -0.4 is 4.90 Å². The summed E-state index contributed by atoms with van der Waals surface area (Å²) in [6.07, 6.45) is -4.38. The summed E-state index contributed by atoms with van der Waals surface area (Å²) < 4.78 is 43.6. The number of hydrogen-bond acceptors (Lipinski definition) is 3. The Morgan fingerprint density at radius 3 is 2.00 bits per heavy atom. The van der Waals surface area contributed by atoms with Gasteiger partial charge in [0.05, 0.1) is 12.1 Å². The minimum Gasteiger partial charge on any atom is -0.443 e. The van der Waals surface area contributed by atoms with E-state index in [1.165, 1.54) is 17.0 Å². The highest BCUT2D eigenvalue weighted by Gasteiger charge is 2.30. The first-order chi connectivity index (χ1) is 12.5. The number of carbonyl (C=O) groups is 2. The van der Waals surface area contributed by atoms with E-state index in [0.717, 1.165) is 12.1 Å². The third-order valence-electron chi connectivity index (χ3n) is 3.58. The molecule has 0 aliphatic carbocycles. The Hall–Kier alpha value is -2.83. The number of halogens is 3. The Kier molecular flexibility index (Phi) is 5.93. The van der Waals surface area contributed by atoms with Gasteiger partial charge in [0.25, 0.3) is 0 Å². The Labute approximate surface area is 155 Å². The Morgan fingerprint density at radius 2 is 1.56 bits per heavy atom. The summed E-state index contributed by atoms with van der Waals surface area (Å²) in [5.74, 6) is 0. The maximum atomic E-state index is 12.7. The molecule has 0 bridgehead atoms. The van der Waals surface area contributed by atoms with Gasteiger partial charge in [-0.1, -0.05) is 12.1 Å². The van der Waals surface area contributed by atoms with E-state index in [9.17, 15) is 22.8 Å². The molecule has 0 spiro atoms. The minimum absolute atomic E-state index is 0.0213. The highest BCUT2D eigenvalue weighted by molar-refractivity contribution is 5.88. The molecule has 0 radical (unpaired) electrons. The molecule has 1 amide bonds. The largest absolute Gasteiger partial charge is 0.443 e. The fourth-order valence-electron chi connectivity index (χ4n) is 2.29. The van der Waals surface area contributed by atoms with Crippen LogP contribution in [0.3, 0.4) is 0 Å². The second-order valence-corrected chi connectivity index (χ2v) is 6.97. The number of nitrogens with zero attached hydrogens (tertiary/aromatic N) is 1. The second kappa shape index (κ2) is 7.82. The van der Waals surface area contributed by atoms with E-state index in [0.29, 0.717) is 23.1 Å². The highest BCUT2D eigenvalue weighted by atomic mass is 19.4. The average Bonchev–Trinajstić information content (AvgIpc) is 2.58. The van der Waals surface area contributed by atoms with Gasteiger partial charge in [0, 0.05) is 11.3 Å². The highest BCUT2D eigenvalue weighted by Crippen LogP contribution is 2.29. The normalized spacial score (nSPS) is 11.8. The van der Waals surface area contributed by atoms with Crippen LogP contribution in [0, 0.1) is 0 Å². The molecular formula is C20H20F3NO3. The van der Waals surface area contributed by atoms with Gasteiger partial charge in [0.2, 0.25) is 0 Å². The van der Waals surface area contributed by atoms with Crippen LogP contribution in [-0.4, -0.2) is 18.0 Å². The van der Waals surface area contributed by atoms with Crippen LogP contribution in [0.1, 0.15) is 42.3 Å². The lowest BCUT2D eigenvalue weighted by Crippen LogP contribution is -2.36. The Morgan fingerprint density at radius 1 is 1.00 bits per heavy atom. The van der Waals surface area contributed by atoms with Crippen LogP contribution in [0.15, 0.2) is 48.5 Å². The smallest absolute Gasteiger partial charge is 0.416 e. The van der Waals surface area contributed by atoms with Gasteiger partial charge in [-0.05, 0) is 62.7 Å². The molecule has 0 unspecified atom stereocenters. The number of hydrogen-bond donors (Lipinski definition) is 0. The van der Waals surface area contributed by atoms with E-state index in [-0.39, 0.29) is 6.54 Å². The summed E-state index contributed by atoms with van der Waals surface area (Å²) in [7, 11) is 0. The molecule has 0 saturated carbocycles. The van der Waals surface area contributed by atoms with Crippen LogP contribution in [0.4, 0.5) is 23.7 Å². The van der Waals surface area contributed by atoms with Gasteiger partial charge in [-0.3, -0.25) is 9.69 Å². The standard InChI is InChI=1S/C20H20F3NO3/c1-19(2,3)27-18(26)24(17-10-6-15(13-25)7-11-17)12-14-4-8-16(9-5-14)20(21,22)23/h4-11,13H,12H2,1-3H3. The van der Waals surface area contributed by atoms with Crippen LogP contribution >= 0.6 is 0 Å². The molecule has 2 aromatic rings. The predicted octanol–water partition coefficient (Wildman–Crippen LogP) is 5.46. The van der Waals surface area contributed by atoms with E-state index in [2.05, 4.69) is 0 Å². The number of anilines is 1. The predicted molar refractivity (Wildman–Crippen MR) is 95.7 cm³/mol. The van der Waals surface area contributed by atoms with Crippen molar-refractivity contribution in [2.45, 2.75) is 39.1 Å². The number of carbonyl (C=O) groups excluding carboxylic acids is 2. The summed E-state index contributed by atoms with van der Waals surface area (Å²) in [4.78, 5) is 24.7. The molecule has 0 atom stereocenters. The lowest BCUT2D eigenvalue weighted by Gasteiger charge is -2.27. The van der Waals surface area contributed by atoms with Crippen molar-refractivity contribution in [3.05, 3.63) is 65.2 Å². The monoisotopic (exact) mass is 379 g/mol. The van der Waals surface area contributed by atoms with Crippen molar-refractivity contribution in [3.8, 4) is 0 Å². The van der Waals surface area contributed by atoms with Crippen molar-refractivity contribution in [1.82, 2.24) is 0 Å². The van der Waals surface area contributed by atoms with Crippen LogP contribution in [0.25, 0.3) is 0 Å². The first-order valence-corrected chi connectivity index (χ1v) is 8.21. The molecule has 0 fully saturated rings. The first-order valence-electron chi connectivity index (χ1n) is 8.21. The molecule has 144 valence electrons. The van der Waals surface area contributed by atoms with E-state index < -0.39 is 23.4 Å². The summed E-state index contributed by atoms with van der Waals surface area (Å²) in [5.41, 5.74) is -0.0796. The number of aldehydes is 1. The number of amides is 1. The van der Waals surface area contributed by atoms with Crippen molar-refractivity contribution in [2.75, 3.05) is 4.90 Å². The molecule has 0 saturated heterocycles. The average molecular weight is 379 g/mol. The van der Waals surface area contributed by atoms with Gasteiger partial charge in [0.15, 0.2) is 0 Å². The molecule has 0 N–H and O–H groups in total. The van der Waals surface area contributed by atoms with E-state index in [1.54, 1.807) is 45.0 Å². The lowest BCUT2D eigenvalue weighted by molar-refractivity contribution is -0.137. The molecule has 7 heteroatoms. The molecule has 0 aliphatic heterocycles. The van der Waals surface area contributed by atoms with Crippen molar-refractivity contribution in [3.63, 3.8) is 0 Å². The third kappa shape index (κ3) is 5.84. The number of benzene rings is 2. The van der Waals surface area contributed by atoms with Crippen molar-refractivity contribution >= 4 is 18.1 Å². The topological polar surface area (TPSA) is 46.6 Å². The van der Waals surface area contributed by atoms with Gasteiger partial charge in [-0.15, -0.1) is 0 Å². The maximum Gasteiger partial charge on any atom is 0.416 e. The number of rotatable bonds is 4. The molecular weight excluding hydrogens is 359 g/mol. The fourth-order valence-corrected chi connectivity index (χ4v) is 2.29. The van der Waals surface area contributed by atoms with E-state index in [1.807, 2.05) is 0 Å². The first kappa shape index (κ1) is 20.5. The van der Waals surface area contributed by atoms with Crippen molar-refractivity contribution in [2.24, 2.45) is 0 Å². The molecule has 0 heterocycles. The van der Waals surface area contributed by atoms with E-state index in [4.69, 9.17) is 4.74 Å². The Bertz CT molecular complexity index is 791. The number of alkyl halides is 3. The molecule has 2 rings (SSSR count). The SMILES string of the molecule is CC(C)(C)OC(=O)N(Cc1ccc(C(F)(F)F)cc1)c1ccc(C=O)cc1. The zero-order valence-corrected chi connectivity index (χ0v) is 15.2. The van der Waals surface area contributed by atoms with Gasteiger partial charge in [-0.25, -0.2) is 4.79 Å². The van der Waals surface area contributed by atoms with Gasteiger partial charge in [0.1, 0.15) is 11.9 Å². The second-order valence-electron chi connectivity index (χ2n) is 6.97. The van der Waals surface area contributed by atoms with Crippen molar-refractivity contribution < 1.29 is 27.5 Å². The Balaban J connectivity index is 2.31. The maximum absolute atomic E-state index is 12.7. The molecule has 0 aliphatic rings. The third-order valence-corrected chi connectivity index (χ3v) is 3.58. The molecule has 4 nitrogen and oxygen atoms in total. The van der Waals surface area contributed by atoms with Crippen molar-refractivity contribution in [1.29, 1.82) is 0 Å². The van der Waals surface area contributed by atoms with Gasteiger partial charge < -0.3 is 4.74 Å². The minimum atomic E-state index is -4.42.